The van der Waals surface area contributed by atoms with Gasteiger partial charge in [-0.3, -0.25) is 9.79 Å². The topological polar surface area (TPSA) is 93.2 Å². The fraction of sp³-hybridized carbons (Fsp3) is 0.364. The molecule has 1 atom stereocenters. The van der Waals surface area contributed by atoms with E-state index in [1.165, 1.54) is 0 Å². The molecule has 9 heteroatoms. The lowest BCUT2D eigenvalue weighted by Crippen LogP contribution is -2.40. The Morgan fingerprint density at radius 1 is 1.06 bits per heavy atom. The van der Waals surface area contributed by atoms with Crippen LogP contribution in [0.2, 0.25) is 0 Å². The number of rotatable bonds is 7. The number of para-hydroxylation sites is 1. The van der Waals surface area contributed by atoms with Crippen LogP contribution < -0.4 is 30.2 Å². The van der Waals surface area contributed by atoms with Crippen LogP contribution in [0.4, 0.5) is 5.69 Å². The van der Waals surface area contributed by atoms with Crippen molar-refractivity contribution >= 4 is 41.5 Å². The number of nitrogens with zero attached hydrogens (tertiary/aromatic N) is 1. The van der Waals surface area contributed by atoms with E-state index in [2.05, 4.69) is 20.9 Å². The van der Waals surface area contributed by atoms with Gasteiger partial charge in [0.05, 0.1) is 21.3 Å². The van der Waals surface area contributed by atoms with Crippen LogP contribution in [0.15, 0.2) is 41.4 Å². The molecule has 1 aliphatic heterocycles. The summed E-state index contributed by atoms with van der Waals surface area (Å²) < 4.78 is 16.2. The first-order valence-electron chi connectivity index (χ1n) is 9.71. The molecule has 3 rings (SSSR count). The third kappa shape index (κ3) is 5.93. The Morgan fingerprint density at radius 2 is 1.74 bits per heavy atom. The molecule has 0 spiro atoms. The number of guanidine groups is 1. The molecule has 0 bridgehead atoms. The summed E-state index contributed by atoms with van der Waals surface area (Å²) in [4.78, 5) is 16.3. The predicted molar refractivity (Wildman–Crippen MR) is 132 cm³/mol. The first-order chi connectivity index (χ1) is 14.6. The summed E-state index contributed by atoms with van der Waals surface area (Å²) in [6, 6.07) is 11.6. The Kier molecular flexibility index (Phi) is 9.22. The fourth-order valence-corrected chi connectivity index (χ4v) is 3.53. The third-order valence-corrected chi connectivity index (χ3v) is 5.08. The molecule has 1 unspecified atom stereocenters. The Morgan fingerprint density at radius 3 is 2.42 bits per heavy atom. The number of halogens is 1. The number of anilines is 1. The van der Waals surface area contributed by atoms with Crippen molar-refractivity contribution in [2.24, 2.45) is 4.99 Å². The molecule has 0 aromatic heterocycles. The van der Waals surface area contributed by atoms with Gasteiger partial charge in [-0.25, -0.2) is 0 Å². The zero-order valence-corrected chi connectivity index (χ0v) is 20.5. The van der Waals surface area contributed by atoms with E-state index in [1.807, 2.05) is 30.3 Å². The molecule has 0 fully saturated rings. The molecular formula is C22H29IN4O4. The van der Waals surface area contributed by atoms with Crippen LogP contribution in [-0.4, -0.2) is 46.8 Å². The normalized spacial score (nSPS) is 15.2. The van der Waals surface area contributed by atoms with Crippen molar-refractivity contribution in [3.8, 4) is 17.2 Å². The van der Waals surface area contributed by atoms with E-state index in [0.717, 1.165) is 16.8 Å². The zero-order chi connectivity index (χ0) is 21.5. The van der Waals surface area contributed by atoms with Crippen LogP contribution in [0.1, 0.15) is 23.5 Å². The number of carbonyl (C=O) groups is 1. The Balaban J connectivity index is 0.00000341. The summed E-state index contributed by atoms with van der Waals surface area (Å²) in [6.07, 6.45) is 0.435. The molecule has 1 aliphatic rings. The molecule has 2 aromatic carbocycles. The lowest BCUT2D eigenvalue weighted by atomic mass is 9.90. The van der Waals surface area contributed by atoms with Gasteiger partial charge in [0.1, 0.15) is 5.75 Å². The fourth-order valence-electron chi connectivity index (χ4n) is 3.53. The van der Waals surface area contributed by atoms with Gasteiger partial charge in [0, 0.05) is 49.8 Å². The van der Waals surface area contributed by atoms with Crippen LogP contribution >= 0.6 is 24.0 Å². The highest BCUT2D eigenvalue weighted by Crippen LogP contribution is 2.34. The van der Waals surface area contributed by atoms with Crippen LogP contribution in [0.5, 0.6) is 17.2 Å². The van der Waals surface area contributed by atoms with Gasteiger partial charge in [0.25, 0.3) is 0 Å². The average molecular weight is 540 g/mol. The number of aliphatic imine (C=N–C) groups is 1. The average Bonchev–Trinajstić information content (AvgIpc) is 2.78. The second kappa shape index (κ2) is 11.6. The van der Waals surface area contributed by atoms with Crippen molar-refractivity contribution in [3.63, 3.8) is 0 Å². The highest BCUT2D eigenvalue weighted by Gasteiger charge is 2.24. The summed E-state index contributed by atoms with van der Waals surface area (Å²) in [6.45, 7) is 1.07. The van der Waals surface area contributed by atoms with Gasteiger partial charge in [-0.2, -0.15) is 0 Å². The molecule has 1 amide bonds. The second-order valence-corrected chi connectivity index (χ2v) is 6.86. The summed E-state index contributed by atoms with van der Waals surface area (Å²) in [5.41, 5.74) is 2.90. The number of fused-ring (bicyclic) bond motifs is 1. The van der Waals surface area contributed by atoms with E-state index in [0.29, 0.717) is 42.7 Å². The SMILES string of the molecule is CN=C(NCc1cc(OC)c(OC)cc1OC)NCC1CC(=O)Nc2ccccc21.I. The summed E-state index contributed by atoms with van der Waals surface area (Å²) >= 11 is 0. The van der Waals surface area contributed by atoms with Crippen molar-refractivity contribution in [2.45, 2.75) is 18.9 Å². The van der Waals surface area contributed by atoms with Gasteiger partial charge < -0.3 is 30.2 Å². The minimum Gasteiger partial charge on any atom is -0.496 e. The number of ether oxygens (including phenoxy) is 3. The maximum Gasteiger partial charge on any atom is 0.225 e. The van der Waals surface area contributed by atoms with Crippen LogP contribution in [0, 0.1) is 0 Å². The lowest BCUT2D eigenvalue weighted by Gasteiger charge is -2.26. The van der Waals surface area contributed by atoms with Crippen molar-refractivity contribution < 1.29 is 19.0 Å². The molecule has 3 N–H and O–H groups in total. The first-order valence-corrected chi connectivity index (χ1v) is 9.71. The van der Waals surface area contributed by atoms with E-state index in [-0.39, 0.29) is 35.8 Å². The van der Waals surface area contributed by atoms with Gasteiger partial charge in [-0.15, -0.1) is 24.0 Å². The maximum atomic E-state index is 12.0. The monoisotopic (exact) mass is 540 g/mol. The molecule has 31 heavy (non-hydrogen) atoms. The number of hydrogen-bond donors (Lipinski definition) is 3. The third-order valence-electron chi connectivity index (χ3n) is 5.08. The number of benzene rings is 2. The van der Waals surface area contributed by atoms with Crippen molar-refractivity contribution in [1.29, 1.82) is 0 Å². The van der Waals surface area contributed by atoms with Gasteiger partial charge in [-0.1, -0.05) is 18.2 Å². The molecule has 2 aromatic rings. The van der Waals surface area contributed by atoms with Crippen molar-refractivity contribution in [2.75, 3.05) is 40.2 Å². The van der Waals surface area contributed by atoms with Gasteiger partial charge in [-0.05, 0) is 17.7 Å². The van der Waals surface area contributed by atoms with E-state index in [9.17, 15) is 4.79 Å². The van der Waals surface area contributed by atoms with Crippen LogP contribution in [-0.2, 0) is 11.3 Å². The Hall–Kier alpha value is -2.69. The van der Waals surface area contributed by atoms with E-state index in [4.69, 9.17) is 14.2 Å². The molecule has 0 saturated carbocycles. The summed E-state index contributed by atoms with van der Waals surface area (Å²) in [7, 11) is 6.51. The standard InChI is InChI=1S/C22H28N4O4.HI/c1-23-22(24-12-14-10-21(27)26-17-8-6-5-7-16(14)17)25-13-15-9-19(29-3)20(30-4)11-18(15)28-2;/h5-9,11,14H,10,12-13H2,1-4H3,(H,26,27)(H2,23,24,25);1H. The number of carbonyl (C=O) groups excluding carboxylic acids is 1. The molecule has 8 nitrogen and oxygen atoms in total. The molecule has 0 aliphatic carbocycles. The quantitative estimate of drug-likeness (QED) is 0.284. The smallest absolute Gasteiger partial charge is 0.225 e. The van der Waals surface area contributed by atoms with E-state index < -0.39 is 0 Å². The molecule has 1 heterocycles. The highest BCUT2D eigenvalue weighted by atomic mass is 127. The highest BCUT2D eigenvalue weighted by molar-refractivity contribution is 14.0. The largest absolute Gasteiger partial charge is 0.496 e. The summed E-state index contributed by atoms with van der Waals surface area (Å²) in [5, 5.41) is 9.53. The van der Waals surface area contributed by atoms with E-state index >= 15 is 0 Å². The number of nitrogens with one attached hydrogen (secondary N) is 3. The predicted octanol–water partition coefficient (Wildman–Crippen LogP) is 3.12. The van der Waals surface area contributed by atoms with Crippen LogP contribution in [0.25, 0.3) is 0 Å². The molecule has 168 valence electrons. The summed E-state index contributed by atoms with van der Waals surface area (Å²) in [5.74, 6) is 2.66. The van der Waals surface area contributed by atoms with Crippen LogP contribution in [0.3, 0.4) is 0 Å². The minimum atomic E-state index is 0. The van der Waals surface area contributed by atoms with Gasteiger partial charge in [0.15, 0.2) is 17.5 Å². The number of hydrogen-bond acceptors (Lipinski definition) is 5. The molecule has 0 radical (unpaired) electrons. The van der Waals surface area contributed by atoms with Gasteiger partial charge >= 0.3 is 0 Å². The maximum absolute atomic E-state index is 12.0. The van der Waals surface area contributed by atoms with Crippen molar-refractivity contribution in [1.82, 2.24) is 10.6 Å². The number of amides is 1. The zero-order valence-electron chi connectivity index (χ0n) is 18.2. The lowest BCUT2D eigenvalue weighted by molar-refractivity contribution is -0.116. The minimum absolute atomic E-state index is 0. The Labute approximate surface area is 199 Å². The first kappa shape index (κ1) is 24.6. The van der Waals surface area contributed by atoms with Crippen molar-refractivity contribution in [3.05, 3.63) is 47.5 Å². The van der Waals surface area contributed by atoms with E-state index in [1.54, 1.807) is 34.4 Å². The molecule has 0 saturated heterocycles. The second-order valence-electron chi connectivity index (χ2n) is 6.86. The molecular weight excluding hydrogens is 511 g/mol. The number of methoxy groups -OCH3 is 3. The van der Waals surface area contributed by atoms with Gasteiger partial charge in [0.2, 0.25) is 5.91 Å². The Bertz CT molecular complexity index is 936.